The minimum absolute atomic E-state index is 0.255. The van der Waals surface area contributed by atoms with Gasteiger partial charge in [-0.3, -0.25) is 0 Å². The molecule has 6 heteroatoms. The third-order valence-electron chi connectivity index (χ3n) is 3.75. The van der Waals surface area contributed by atoms with E-state index in [0.717, 1.165) is 16.5 Å². The Morgan fingerprint density at radius 3 is 2.46 bits per heavy atom. The van der Waals surface area contributed by atoms with Gasteiger partial charge in [0.05, 0.1) is 5.69 Å². The van der Waals surface area contributed by atoms with Crippen LogP contribution in [0.3, 0.4) is 0 Å². The minimum Gasteiger partial charge on any atom is -0.506 e. The van der Waals surface area contributed by atoms with Crippen LogP contribution in [0.5, 0.6) is 5.75 Å². The second-order valence-corrected chi connectivity index (χ2v) is 7.13. The number of nitrogens with zero attached hydrogens (tertiary/aromatic N) is 2. The number of aryl methyl sites for hydroxylation is 2. The number of rotatable bonds is 3. The van der Waals surface area contributed by atoms with Crippen LogP contribution in [0.15, 0.2) is 69.1 Å². The Bertz CT molecular complexity index is 1060. The van der Waals surface area contributed by atoms with Crippen LogP contribution >= 0.6 is 0 Å². The van der Waals surface area contributed by atoms with Crippen LogP contribution in [-0.2, 0) is 10.0 Å². The number of phenols is 1. The van der Waals surface area contributed by atoms with Gasteiger partial charge in [-0.05, 0) is 36.9 Å². The van der Waals surface area contributed by atoms with Gasteiger partial charge < -0.3 is 5.11 Å². The summed E-state index contributed by atoms with van der Waals surface area (Å²) in [5.41, 5.74) is 2.36. The van der Waals surface area contributed by atoms with Gasteiger partial charge in [-0.25, -0.2) is 0 Å². The maximum Gasteiger partial charge on any atom is 0.303 e. The average molecular weight is 340 g/mol. The molecule has 0 aliphatic heterocycles. The molecule has 0 aliphatic carbocycles. The Kier molecular flexibility index (Phi) is 4.07. The molecule has 0 fully saturated rings. The van der Waals surface area contributed by atoms with Gasteiger partial charge in [0, 0.05) is 5.39 Å². The van der Waals surface area contributed by atoms with Crippen molar-refractivity contribution in [2.45, 2.75) is 18.7 Å². The zero-order valence-electron chi connectivity index (χ0n) is 13.3. The first-order valence-electron chi connectivity index (χ1n) is 7.34. The van der Waals surface area contributed by atoms with Crippen molar-refractivity contribution in [1.82, 2.24) is 0 Å². The molecular weight excluding hydrogens is 324 g/mol. The SMILES string of the molecule is Cc1ccc(N=NS(=O)(=O)c2ccc3ccccc3c2O)c(C)c1. The summed E-state index contributed by atoms with van der Waals surface area (Å²) in [6.07, 6.45) is 0. The monoisotopic (exact) mass is 340 g/mol. The molecule has 0 spiro atoms. The number of fused-ring (bicyclic) bond motifs is 1. The van der Waals surface area contributed by atoms with E-state index in [1.807, 2.05) is 32.0 Å². The Labute approximate surface area is 140 Å². The number of hydrogen-bond acceptors (Lipinski definition) is 4. The lowest BCUT2D eigenvalue weighted by Crippen LogP contribution is -1.97. The molecule has 24 heavy (non-hydrogen) atoms. The summed E-state index contributed by atoms with van der Waals surface area (Å²) in [6, 6.07) is 15.4. The van der Waals surface area contributed by atoms with Crippen LogP contribution in [0.4, 0.5) is 5.69 Å². The topological polar surface area (TPSA) is 79.1 Å². The van der Waals surface area contributed by atoms with Crippen molar-refractivity contribution < 1.29 is 13.5 Å². The Morgan fingerprint density at radius 2 is 1.71 bits per heavy atom. The van der Waals surface area contributed by atoms with Gasteiger partial charge in [0.2, 0.25) is 0 Å². The fourth-order valence-electron chi connectivity index (χ4n) is 2.50. The molecule has 1 N–H and O–H groups in total. The number of phenolic OH excluding ortho intramolecular Hbond substituents is 1. The molecule has 0 bridgehead atoms. The first kappa shape index (κ1) is 16.1. The van der Waals surface area contributed by atoms with Crippen molar-refractivity contribution in [2.24, 2.45) is 9.63 Å². The highest BCUT2D eigenvalue weighted by Gasteiger charge is 2.20. The van der Waals surface area contributed by atoms with Crippen LogP contribution in [0, 0.1) is 13.8 Å². The zero-order valence-corrected chi connectivity index (χ0v) is 14.1. The Morgan fingerprint density at radius 1 is 0.958 bits per heavy atom. The molecule has 3 rings (SSSR count). The van der Waals surface area contributed by atoms with Gasteiger partial charge in [-0.1, -0.05) is 52.5 Å². The number of aromatic hydroxyl groups is 1. The van der Waals surface area contributed by atoms with Gasteiger partial charge in [-0.2, -0.15) is 8.42 Å². The van der Waals surface area contributed by atoms with E-state index in [2.05, 4.69) is 9.63 Å². The molecule has 0 aliphatic rings. The lowest BCUT2D eigenvalue weighted by Gasteiger charge is -2.06. The fraction of sp³-hybridized carbons (Fsp3) is 0.111. The molecule has 0 aromatic heterocycles. The second kappa shape index (κ2) is 6.05. The summed E-state index contributed by atoms with van der Waals surface area (Å²) in [5.74, 6) is -0.312. The van der Waals surface area contributed by atoms with Crippen LogP contribution in [0.2, 0.25) is 0 Å². The van der Waals surface area contributed by atoms with Gasteiger partial charge >= 0.3 is 10.0 Å². The molecule has 0 heterocycles. The normalized spacial score (nSPS) is 12.1. The number of benzene rings is 3. The molecule has 0 amide bonds. The highest BCUT2D eigenvalue weighted by Crippen LogP contribution is 2.33. The van der Waals surface area contributed by atoms with Crippen LogP contribution < -0.4 is 0 Å². The third-order valence-corrected chi connectivity index (χ3v) is 4.93. The van der Waals surface area contributed by atoms with E-state index in [-0.39, 0.29) is 10.6 Å². The van der Waals surface area contributed by atoms with Crippen LogP contribution in [-0.4, -0.2) is 13.5 Å². The van der Waals surface area contributed by atoms with Crippen molar-refractivity contribution in [1.29, 1.82) is 0 Å². The van der Waals surface area contributed by atoms with Crippen molar-refractivity contribution >= 4 is 26.5 Å². The highest BCUT2D eigenvalue weighted by atomic mass is 32.2. The van der Waals surface area contributed by atoms with Crippen LogP contribution in [0.25, 0.3) is 10.8 Å². The molecule has 0 saturated heterocycles. The van der Waals surface area contributed by atoms with Gasteiger partial charge in [-0.15, -0.1) is 5.11 Å². The Hall–Kier alpha value is -2.73. The first-order chi connectivity index (χ1) is 11.4. The predicted octanol–water partition coefficient (Wildman–Crippen LogP) is 4.63. The third kappa shape index (κ3) is 3.00. The summed E-state index contributed by atoms with van der Waals surface area (Å²) in [4.78, 5) is -0.255. The highest BCUT2D eigenvalue weighted by molar-refractivity contribution is 7.90. The summed E-state index contributed by atoms with van der Waals surface area (Å²) >= 11 is 0. The largest absolute Gasteiger partial charge is 0.506 e. The van der Waals surface area contributed by atoms with E-state index in [9.17, 15) is 13.5 Å². The number of hydrogen-bond donors (Lipinski definition) is 1. The lowest BCUT2D eigenvalue weighted by molar-refractivity contribution is 0.465. The van der Waals surface area contributed by atoms with Gasteiger partial charge in [0.15, 0.2) is 0 Å². The summed E-state index contributed by atoms with van der Waals surface area (Å²) in [7, 11) is -4.10. The quantitative estimate of drug-likeness (QED) is 0.706. The fourth-order valence-corrected chi connectivity index (χ4v) is 3.38. The van der Waals surface area contributed by atoms with Crippen LogP contribution in [0.1, 0.15) is 11.1 Å². The second-order valence-electron chi connectivity index (χ2n) is 5.58. The molecule has 0 unspecified atom stereocenters. The van der Waals surface area contributed by atoms with Crippen molar-refractivity contribution in [3.05, 3.63) is 65.7 Å². The van der Waals surface area contributed by atoms with E-state index in [4.69, 9.17) is 0 Å². The van der Waals surface area contributed by atoms with E-state index in [0.29, 0.717) is 11.1 Å². The van der Waals surface area contributed by atoms with Crippen molar-refractivity contribution in [3.63, 3.8) is 0 Å². The number of sulfonamides is 1. The maximum absolute atomic E-state index is 12.4. The summed E-state index contributed by atoms with van der Waals surface area (Å²) in [5, 5.41) is 15.3. The molecule has 0 radical (unpaired) electrons. The van der Waals surface area contributed by atoms with E-state index in [1.54, 1.807) is 30.3 Å². The molecule has 3 aromatic carbocycles. The van der Waals surface area contributed by atoms with Gasteiger partial charge in [0.1, 0.15) is 10.6 Å². The maximum atomic E-state index is 12.4. The average Bonchev–Trinajstić information content (AvgIpc) is 2.54. The van der Waals surface area contributed by atoms with E-state index >= 15 is 0 Å². The molecule has 5 nitrogen and oxygen atoms in total. The van der Waals surface area contributed by atoms with Crippen molar-refractivity contribution in [3.8, 4) is 5.75 Å². The summed E-state index contributed by atoms with van der Waals surface area (Å²) in [6.45, 7) is 3.78. The van der Waals surface area contributed by atoms with E-state index < -0.39 is 10.0 Å². The molecule has 0 atom stereocenters. The Balaban J connectivity index is 2.05. The lowest BCUT2D eigenvalue weighted by atomic mass is 10.1. The molecule has 122 valence electrons. The van der Waals surface area contributed by atoms with E-state index in [1.165, 1.54) is 6.07 Å². The first-order valence-corrected chi connectivity index (χ1v) is 8.78. The predicted molar refractivity (Wildman–Crippen MR) is 93.2 cm³/mol. The smallest absolute Gasteiger partial charge is 0.303 e. The minimum atomic E-state index is -4.10. The summed E-state index contributed by atoms with van der Waals surface area (Å²) < 4.78 is 28.3. The zero-order chi connectivity index (χ0) is 17.3. The van der Waals surface area contributed by atoms with Gasteiger partial charge in [0.25, 0.3) is 0 Å². The molecule has 3 aromatic rings. The molecule has 0 saturated carbocycles. The van der Waals surface area contributed by atoms with Crippen molar-refractivity contribution in [2.75, 3.05) is 0 Å². The standard InChI is InChI=1S/C18H16N2O3S/c1-12-7-9-16(13(2)11-12)19-20-24(22,23)17-10-8-14-5-3-4-6-15(14)18(17)21/h3-11,21H,1-2H3. The molecular formula is C18H16N2O3S.